The van der Waals surface area contributed by atoms with Crippen molar-refractivity contribution in [3.8, 4) is 0 Å². The third-order valence-corrected chi connectivity index (χ3v) is 4.71. The number of carbonyl (C=O) groups excluding carboxylic acids is 1. The molecule has 0 radical (unpaired) electrons. The summed E-state index contributed by atoms with van der Waals surface area (Å²) in [5.41, 5.74) is -1.32. The topological polar surface area (TPSA) is 66.4 Å². The number of aliphatic carboxylic acids is 1. The van der Waals surface area contributed by atoms with Gasteiger partial charge in [0.15, 0.2) is 0 Å². The molecule has 1 heterocycles. The third kappa shape index (κ3) is 2.27. The van der Waals surface area contributed by atoms with Gasteiger partial charge in [0.05, 0.1) is 0 Å². The van der Waals surface area contributed by atoms with Crippen LogP contribution >= 0.6 is 11.3 Å². The van der Waals surface area contributed by atoms with Crippen LogP contribution in [0.2, 0.25) is 0 Å². The van der Waals surface area contributed by atoms with Crippen LogP contribution in [-0.4, -0.2) is 23.5 Å². The van der Waals surface area contributed by atoms with Crippen LogP contribution in [0.25, 0.3) is 0 Å². The van der Waals surface area contributed by atoms with E-state index < -0.39 is 11.4 Å². The first kappa shape index (κ1) is 13.1. The standard InChI is InChI=1S/C13H17NO3S/c1-12(2,9-4-3-7-18-9)8-14-10(15)13(5-6-13)11(16)17/h3-4,7H,5-6,8H2,1-2H3,(H,14,15)(H,16,17). The summed E-state index contributed by atoms with van der Waals surface area (Å²) in [5.74, 6) is -1.35. The van der Waals surface area contributed by atoms with Crippen molar-refractivity contribution < 1.29 is 14.7 Å². The molecule has 4 nitrogen and oxygen atoms in total. The highest BCUT2D eigenvalue weighted by Crippen LogP contribution is 2.46. The van der Waals surface area contributed by atoms with E-state index in [2.05, 4.69) is 5.32 Å². The summed E-state index contributed by atoms with van der Waals surface area (Å²) in [6.45, 7) is 4.54. The number of thiophene rings is 1. The van der Waals surface area contributed by atoms with Crippen molar-refractivity contribution in [3.63, 3.8) is 0 Å². The van der Waals surface area contributed by atoms with E-state index in [0.29, 0.717) is 19.4 Å². The quantitative estimate of drug-likeness (QED) is 0.802. The number of nitrogens with one attached hydrogen (secondary N) is 1. The van der Waals surface area contributed by atoms with Gasteiger partial charge in [0.2, 0.25) is 5.91 Å². The second-order valence-electron chi connectivity index (χ2n) is 5.43. The summed E-state index contributed by atoms with van der Waals surface area (Å²) < 4.78 is 0. The molecule has 5 heteroatoms. The maximum absolute atomic E-state index is 11.9. The van der Waals surface area contributed by atoms with Crippen LogP contribution in [0.15, 0.2) is 17.5 Å². The van der Waals surface area contributed by atoms with Crippen molar-refractivity contribution in [1.29, 1.82) is 0 Å². The second-order valence-corrected chi connectivity index (χ2v) is 6.38. The van der Waals surface area contributed by atoms with E-state index in [9.17, 15) is 9.59 Å². The van der Waals surface area contributed by atoms with Crippen molar-refractivity contribution in [1.82, 2.24) is 5.32 Å². The molecule has 1 fully saturated rings. The van der Waals surface area contributed by atoms with Crippen LogP contribution in [-0.2, 0) is 15.0 Å². The van der Waals surface area contributed by atoms with E-state index in [1.54, 1.807) is 11.3 Å². The average Bonchev–Trinajstić information content (AvgIpc) is 2.93. The Morgan fingerprint density at radius 3 is 2.61 bits per heavy atom. The molecule has 0 unspecified atom stereocenters. The smallest absolute Gasteiger partial charge is 0.319 e. The third-order valence-electron chi connectivity index (χ3n) is 3.47. The maximum atomic E-state index is 11.9. The molecule has 0 bridgehead atoms. The van der Waals surface area contributed by atoms with Gasteiger partial charge >= 0.3 is 5.97 Å². The van der Waals surface area contributed by atoms with Gasteiger partial charge in [-0.05, 0) is 24.3 Å². The van der Waals surface area contributed by atoms with Crippen LogP contribution in [0, 0.1) is 5.41 Å². The predicted molar refractivity (Wildman–Crippen MR) is 69.7 cm³/mol. The highest BCUT2D eigenvalue weighted by atomic mass is 32.1. The Bertz CT molecular complexity index is 461. The van der Waals surface area contributed by atoms with E-state index >= 15 is 0 Å². The highest BCUT2D eigenvalue weighted by Gasteiger charge is 2.57. The molecule has 0 aromatic carbocycles. The molecule has 18 heavy (non-hydrogen) atoms. The summed E-state index contributed by atoms with van der Waals surface area (Å²) in [6.07, 6.45) is 0.904. The van der Waals surface area contributed by atoms with Gasteiger partial charge in [-0.15, -0.1) is 11.3 Å². The van der Waals surface area contributed by atoms with Crippen molar-refractivity contribution in [2.75, 3.05) is 6.54 Å². The van der Waals surface area contributed by atoms with Gasteiger partial charge in [0.25, 0.3) is 0 Å². The number of carbonyl (C=O) groups is 2. The van der Waals surface area contributed by atoms with Crippen molar-refractivity contribution in [2.45, 2.75) is 32.1 Å². The molecule has 2 N–H and O–H groups in total. The van der Waals surface area contributed by atoms with Crippen LogP contribution in [0.1, 0.15) is 31.6 Å². The summed E-state index contributed by atoms with van der Waals surface area (Å²) >= 11 is 1.64. The molecule has 0 atom stereocenters. The number of hydrogen-bond acceptors (Lipinski definition) is 3. The second kappa shape index (κ2) is 4.39. The Morgan fingerprint density at radius 1 is 1.50 bits per heavy atom. The van der Waals surface area contributed by atoms with Crippen LogP contribution in [0.4, 0.5) is 0 Å². The molecule has 1 aliphatic carbocycles. The molecule has 1 aliphatic rings. The van der Waals surface area contributed by atoms with Crippen LogP contribution in [0.5, 0.6) is 0 Å². The van der Waals surface area contributed by atoms with E-state index in [-0.39, 0.29) is 11.3 Å². The molecule has 1 amide bonds. The lowest BCUT2D eigenvalue weighted by atomic mass is 9.91. The molecule has 2 rings (SSSR count). The fraction of sp³-hybridized carbons (Fsp3) is 0.538. The zero-order chi connectivity index (χ0) is 13.4. The Kier molecular flexibility index (Phi) is 3.19. The summed E-state index contributed by atoms with van der Waals surface area (Å²) in [7, 11) is 0. The SMILES string of the molecule is CC(C)(CNC(=O)C1(C(=O)O)CC1)c1cccs1. The monoisotopic (exact) mass is 267 g/mol. The minimum atomic E-state index is -1.15. The minimum Gasteiger partial charge on any atom is -0.480 e. The van der Waals surface area contributed by atoms with Gasteiger partial charge in [0.1, 0.15) is 5.41 Å². The normalized spacial score (nSPS) is 17.2. The molecular formula is C13H17NO3S. The van der Waals surface area contributed by atoms with Crippen molar-refractivity contribution >= 4 is 23.2 Å². The highest BCUT2D eigenvalue weighted by molar-refractivity contribution is 7.10. The Hall–Kier alpha value is -1.36. The van der Waals surface area contributed by atoms with Gasteiger partial charge in [0, 0.05) is 16.8 Å². The molecule has 1 aromatic rings. The fourth-order valence-electron chi connectivity index (χ4n) is 1.88. The summed E-state index contributed by atoms with van der Waals surface area (Å²) in [4.78, 5) is 24.1. The summed E-state index contributed by atoms with van der Waals surface area (Å²) in [5, 5.41) is 13.8. The first-order chi connectivity index (χ1) is 8.38. The van der Waals surface area contributed by atoms with Crippen LogP contribution in [0.3, 0.4) is 0 Å². The van der Waals surface area contributed by atoms with Crippen LogP contribution < -0.4 is 5.32 Å². The van der Waals surface area contributed by atoms with E-state index in [1.165, 1.54) is 4.88 Å². The molecular weight excluding hydrogens is 250 g/mol. The minimum absolute atomic E-state index is 0.168. The average molecular weight is 267 g/mol. The van der Waals surface area contributed by atoms with Gasteiger partial charge in [-0.3, -0.25) is 9.59 Å². The van der Waals surface area contributed by atoms with E-state index in [1.807, 2.05) is 31.4 Å². The molecule has 0 saturated heterocycles. The number of carboxylic acids is 1. The molecule has 0 aliphatic heterocycles. The first-order valence-electron chi connectivity index (χ1n) is 5.94. The zero-order valence-corrected chi connectivity index (χ0v) is 11.3. The van der Waals surface area contributed by atoms with Crippen molar-refractivity contribution in [2.24, 2.45) is 5.41 Å². The first-order valence-corrected chi connectivity index (χ1v) is 6.82. The van der Waals surface area contributed by atoms with Crippen molar-refractivity contribution in [3.05, 3.63) is 22.4 Å². The fourth-order valence-corrected chi connectivity index (χ4v) is 2.74. The zero-order valence-electron chi connectivity index (χ0n) is 10.5. The molecule has 1 saturated carbocycles. The Balaban J connectivity index is 1.96. The van der Waals surface area contributed by atoms with Gasteiger partial charge in [-0.1, -0.05) is 19.9 Å². The maximum Gasteiger partial charge on any atom is 0.319 e. The number of amides is 1. The lowest BCUT2D eigenvalue weighted by Crippen LogP contribution is -2.42. The molecule has 0 spiro atoms. The molecule has 1 aromatic heterocycles. The van der Waals surface area contributed by atoms with Gasteiger partial charge in [-0.25, -0.2) is 0 Å². The Labute approximate surface area is 110 Å². The van der Waals surface area contributed by atoms with Gasteiger partial charge in [-0.2, -0.15) is 0 Å². The van der Waals surface area contributed by atoms with Gasteiger partial charge < -0.3 is 10.4 Å². The van der Waals surface area contributed by atoms with E-state index in [0.717, 1.165) is 0 Å². The lowest BCUT2D eigenvalue weighted by Gasteiger charge is -2.24. The predicted octanol–water partition coefficient (Wildman–Crippen LogP) is 2.01. The lowest BCUT2D eigenvalue weighted by molar-refractivity contribution is -0.149. The number of hydrogen-bond donors (Lipinski definition) is 2. The largest absolute Gasteiger partial charge is 0.480 e. The number of carboxylic acid groups (broad SMARTS) is 1. The number of rotatable bonds is 5. The Morgan fingerprint density at radius 2 is 2.17 bits per heavy atom. The van der Waals surface area contributed by atoms with E-state index in [4.69, 9.17) is 5.11 Å². The molecule has 98 valence electrons. The summed E-state index contributed by atoms with van der Waals surface area (Å²) in [6, 6.07) is 4.00.